The minimum absolute atomic E-state index is 0.229. The van der Waals surface area contributed by atoms with Gasteiger partial charge in [-0.2, -0.15) is 0 Å². The largest absolute Gasteiger partial charge is 0.354 e. The lowest BCUT2D eigenvalue weighted by molar-refractivity contribution is 0.102. The van der Waals surface area contributed by atoms with E-state index in [0.29, 0.717) is 16.8 Å². The second kappa shape index (κ2) is 9.19. The van der Waals surface area contributed by atoms with Crippen molar-refractivity contribution in [2.24, 2.45) is 0 Å². The molecule has 4 aromatic rings. The summed E-state index contributed by atoms with van der Waals surface area (Å²) in [5.74, 6) is 0.702. The summed E-state index contributed by atoms with van der Waals surface area (Å²) < 4.78 is 0. The number of carbonyl (C=O) groups is 1. The standard InChI is InChI=1S/C27H28N6O/c1-18-5-4-6-19(2)24(18)21-8-9-22(26-25(21)28-11-12-29-26)27(34)31-20-7-10-23(30-17-20)33-15-13-32(3)14-16-33/h4-12,17H,13-16H2,1-3H3,(H,31,34). The van der Waals surface area contributed by atoms with Gasteiger partial charge < -0.3 is 15.1 Å². The van der Waals surface area contributed by atoms with E-state index in [9.17, 15) is 4.79 Å². The lowest BCUT2D eigenvalue weighted by atomic mass is 9.93. The maximum atomic E-state index is 13.2. The van der Waals surface area contributed by atoms with Crippen molar-refractivity contribution in [2.45, 2.75) is 13.8 Å². The summed E-state index contributed by atoms with van der Waals surface area (Å²) in [7, 11) is 2.13. The Labute approximate surface area is 199 Å². The van der Waals surface area contributed by atoms with Gasteiger partial charge in [-0.1, -0.05) is 24.3 Å². The van der Waals surface area contributed by atoms with Crippen molar-refractivity contribution in [1.29, 1.82) is 0 Å². The molecule has 1 aliphatic rings. The van der Waals surface area contributed by atoms with E-state index < -0.39 is 0 Å². The summed E-state index contributed by atoms with van der Waals surface area (Å²) in [6.45, 7) is 8.12. The number of pyridine rings is 1. The molecule has 1 fully saturated rings. The molecule has 5 rings (SSSR count). The van der Waals surface area contributed by atoms with Crippen molar-refractivity contribution >= 4 is 28.4 Å². The number of likely N-dealkylation sites (N-methyl/N-ethyl adjacent to an activating group) is 1. The van der Waals surface area contributed by atoms with Gasteiger partial charge in [0, 0.05) is 44.1 Å². The second-order valence-electron chi connectivity index (χ2n) is 8.83. The Balaban J connectivity index is 1.42. The zero-order valence-electron chi connectivity index (χ0n) is 19.7. The quantitative estimate of drug-likeness (QED) is 0.497. The first-order valence-corrected chi connectivity index (χ1v) is 11.5. The van der Waals surface area contributed by atoms with E-state index in [0.717, 1.165) is 59.8 Å². The first-order valence-electron chi connectivity index (χ1n) is 11.5. The molecular formula is C27H28N6O. The Bertz CT molecular complexity index is 1320. The number of fused-ring (bicyclic) bond motifs is 1. The van der Waals surface area contributed by atoms with Crippen LogP contribution in [0.4, 0.5) is 11.5 Å². The van der Waals surface area contributed by atoms with Crippen LogP contribution < -0.4 is 10.2 Å². The number of hydrogen-bond acceptors (Lipinski definition) is 6. The molecule has 0 saturated carbocycles. The number of rotatable bonds is 4. The van der Waals surface area contributed by atoms with Crippen molar-refractivity contribution in [3.05, 3.63) is 77.7 Å². The van der Waals surface area contributed by atoms with Crippen molar-refractivity contribution in [1.82, 2.24) is 19.9 Å². The Hall–Kier alpha value is -3.84. The van der Waals surface area contributed by atoms with Crippen LogP contribution in [0.25, 0.3) is 22.2 Å². The summed E-state index contributed by atoms with van der Waals surface area (Å²) in [5, 5.41) is 2.97. The number of carbonyl (C=O) groups excluding carboxylic acids is 1. The number of amides is 1. The molecule has 2 aromatic carbocycles. The highest BCUT2D eigenvalue weighted by Crippen LogP contribution is 2.33. The number of anilines is 2. The zero-order valence-corrected chi connectivity index (χ0v) is 19.7. The minimum Gasteiger partial charge on any atom is -0.354 e. The maximum Gasteiger partial charge on any atom is 0.257 e. The van der Waals surface area contributed by atoms with Gasteiger partial charge in [0.05, 0.1) is 23.0 Å². The average Bonchev–Trinajstić information content (AvgIpc) is 2.85. The molecule has 7 heteroatoms. The predicted octanol–water partition coefficient (Wildman–Crippen LogP) is 4.31. The lowest BCUT2D eigenvalue weighted by Crippen LogP contribution is -2.44. The van der Waals surface area contributed by atoms with Crippen LogP contribution in [0.15, 0.2) is 61.1 Å². The fourth-order valence-corrected chi connectivity index (χ4v) is 4.56. The summed E-state index contributed by atoms with van der Waals surface area (Å²) >= 11 is 0. The first-order chi connectivity index (χ1) is 16.5. The molecule has 0 atom stereocenters. The van der Waals surface area contributed by atoms with Crippen molar-refractivity contribution in [3.8, 4) is 11.1 Å². The Kier molecular flexibility index (Phi) is 5.94. The summed E-state index contributed by atoms with van der Waals surface area (Å²) in [4.78, 5) is 31.5. The predicted molar refractivity (Wildman–Crippen MR) is 136 cm³/mol. The molecule has 1 aliphatic heterocycles. The highest BCUT2D eigenvalue weighted by molar-refractivity contribution is 6.13. The van der Waals surface area contributed by atoms with E-state index in [1.807, 2.05) is 30.3 Å². The van der Waals surface area contributed by atoms with Crippen LogP contribution >= 0.6 is 0 Å². The van der Waals surface area contributed by atoms with E-state index in [1.54, 1.807) is 18.6 Å². The number of aromatic nitrogens is 3. The van der Waals surface area contributed by atoms with Gasteiger partial charge in [-0.25, -0.2) is 4.98 Å². The van der Waals surface area contributed by atoms with Crippen LogP contribution in [-0.4, -0.2) is 59.0 Å². The van der Waals surface area contributed by atoms with Gasteiger partial charge in [0.2, 0.25) is 0 Å². The van der Waals surface area contributed by atoms with E-state index in [1.165, 1.54) is 0 Å². The Morgan fingerprint density at radius 3 is 2.24 bits per heavy atom. The summed E-state index contributed by atoms with van der Waals surface area (Å²) in [5.41, 5.74) is 6.88. The summed E-state index contributed by atoms with van der Waals surface area (Å²) in [6, 6.07) is 13.9. The number of nitrogens with zero attached hydrogens (tertiary/aromatic N) is 5. The average molecular weight is 453 g/mol. The van der Waals surface area contributed by atoms with E-state index in [-0.39, 0.29) is 5.91 Å². The Morgan fingerprint density at radius 2 is 1.56 bits per heavy atom. The van der Waals surface area contributed by atoms with E-state index >= 15 is 0 Å². The van der Waals surface area contributed by atoms with Crippen LogP contribution in [0.5, 0.6) is 0 Å². The second-order valence-corrected chi connectivity index (χ2v) is 8.83. The monoisotopic (exact) mass is 452 g/mol. The van der Waals surface area contributed by atoms with Crippen LogP contribution in [0.3, 0.4) is 0 Å². The fraction of sp³-hybridized carbons (Fsp3) is 0.259. The van der Waals surface area contributed by atoms with Gasteiger partial charge in [0.1, 0.15) is 11.3 Å². The van der Waals surface area contributed by atoms with Crippen molar-refractivity contribution in [2.75, 3.05) is 43.4 Å². The van der Waals surface area contributed by atoms with E-state index in [2.05, 4.69) is 63.1 Å². The molecule has 0 aliphatic carbocycles. The number of hydrogen-bond donors (Lipinski definition) is 1. The van der Waals surface area contributed by atoms with E-state index in [4.69, 9.17) is 0 Å². The maximum absolute atomic E-state index is 13.2. The van der Waals surface area contributed by atoms with Crippen LogP contribution in [0.2, 0.25) is 0 Å². The highest BCUT2D eigenvalue weighted by Gasteiger charge is 2.18. The molecule has 0 spiro atoms. The van der Waals surface area contributed by atoms with Gasteiger partial charge in [0.15, 0.2) is 0 Å². The molecule has 0 unspecified atom stereocenters. The van der Waals surface area contributed by atoms with Crippen LogP contribution in [0, 0.1) is 13.8 Å². The van der Waals surface area contributed by atoms with Gasteiger partial charge in [-0.15, -0.1) is 0 Å². The highest BCUT2D eigenvalue weighted by atomic mass is 16.1. The molecule has 34 heavy (non-hydrogen) atoms. The molecule has 1 amide bonds. The van der Waals surface area contributed by atoms with Gasteiger partial charge in [0.25, 0.3) is 5.91 Å². The smallest absolute Gasteiger partial charge is 0.257 e. The molecule has 0 bridgehead atoms. The topological polar surface area (TPSA) is 74.2 Å². The molecule has 1 saturated heterocycles. The molecular weight excluding hydrogens is 424 g/mol. The SMILES string of the molecule is Cc1cccc(C)c1-c1ccc(C(=O)Nc2ccc(N3CCN(C)CC3)nc2)c2nccnc12. The van der Waals surface area contributed by atoms with Crippen LogP contribution in [0.1, 0.15) is 21.5 Å². The zero-order chi connectivity index (χ0) is 23.7. The molecule has 172 valence electrons. The third-order valence-corrected chi connectivity index (χ3v) is 6.45. The van der Waals surface area contributed by atoms with Gasteiger partial charge >= 0.3 is 0 Å². The Morgan fingerprint density at radius 1 is 0.853 bits per heavy atom. The van der Waals surface area contributed by atoms with Gasteiger partial charge in [-0.05, 0) is 55.8 Å². The third-order valence-electron chi connectivity index (χ3n) is 6.45. The molecule has 0 radical (unpaired) electrons. The van der Waals surface area contributed by atoms with Crippen molar-refractivity contribution in [3.63, 3.8) is 0 Å². The molecule has 7 nitrogen and oxygen atoms in total. The lowest BCUT2D eigenvalue weighted by Gasteiger charge is -2.33. The van der Waals surface area contributed by atoms with Crippen LogP contribution in [-0.2, 0) is 0 Å². The molecule has 1 N–H and O–H groups in total. The molecule has 3 heterocycles. The van der Waals surface area contributed by atoms with Crippen molar-refractivity contribution < 1.29 is 4.79 Å². The normalized spacial score (nSPS) is 14.4. The number of piperazine rings is 1. The fourth-order valence-electron chi connectivity index (χ4n) is 4.56. The number of nitrogens with one attached hydrogen (secondary N) is 1. The first kappa shape index (κ1) is 22.0. The summed E-state index contributed by atoms with van der Waals surface area (Å²) in [6.07, 6.45) is 5.01. The number of benzene rings is 2. The minimum atomic E-state index is -0.229. The molecule has 2 aromatic heterocycles. The third kappa shape index (κ3) is 4.22. The van der Waals surface area contributed by atoms with Gasteiger partial charge in [-0.3, -0.25) is 14.8 Å². The number of aryl methyl sites for hydroxylation is 2.